The number of carbonyl (C=O) groups is 1. The summed E-state index contributed by atoms with van der Waals surface area (Å²) in [5, 5.41) is 10.9. The lowest BCUT2D eigenvalue weighted by Gasteiger charge is -2.21. The fourth-order valence-electron chi connectivity index (χ4n) is 2.80. The molecule has 6 nitrogen and oxygen atoms in total. The van der Waals surface area contributed by atoms with E-state index in [0.717, 1.165) is 45.5 Å². The van der Waals surface area contributed by atoms with Gasteiger partial charge in [0.1, 0.15) is 5.82 Å². The van der Waals surface area contributed by atoms with Gasteiger partial charge in [0.2, 0.25) is 0 Å². The zero-order valence-electron chi connectivity index (χ0n) is 16.4. The van der Waals surface area contributed by atoms with Gasteiger partial charge in [-0.15, -0.1) is 11.3 Å². The molecule has 0 amide bonds. The van der Waals surface area contributed by atoms with Gasteiger partial charge in [0.15, 0.2) is 5.13 Å². The highest BCUT2D eigenvalue weighted by Crippen LogP contribution is 2.32. The molecule has 0 saturated carbocycles. The molecule has 0 unspecified atom stereocenters. The zero-order valence-corrected chi connectivity index (χ0v) is 18.1. The summed E-state index contributed by atoms with van der Waals surface area (Å²) in [4.78, 5) is 15.4. The minimum Gasteiger partial charge on any atom is -0.481 e. The Kier molecular flexibility index (Phi) is 6.52. The van der Waals surface area contributed by atoms with Gasteiger partial charge < -0.3 is 5.11 Å². The smallest absolute Gasteiger partial charge is 0.305 e. The van der Waals surface area contributed by atoms with E-state index in [-0.39, 0.29) is 16.6 Å². The predicted molar refractivity (Wildman–Crippen MR) is 115 cm³/mol. The molecule has 0 fully saturated rings. The molecule has 0 aliphatic rings. The number of aliphatic carboxylic acids is 1. The van der Waals surface area contributed by atoms with E-state index in [1.54, 1.807) is 5.38 Å². The first-order valence-corrected chi connectivity index (χ1v) is 11.6. The van der Waals surface area contributed by atoms with Crippen LogP contribution in [0.3, 0.4) is 0 Å². The van der Waals surface area contributed by atoms with Crippen LogP contribution in [-0.2, 0) is 14.8 Å². The van der Waals surface area contributed by atoms with E-state index in [1.807, 2.05) is 24.3 Å². The third-order valence-corrected chi connectivity index (χ3v) is 7.29. The van der Waals surface area contributed by atoms with E-state index < -0.39 is 28.2 Å². The monoisotopic (exact) mass is 448 g/mol. The standard InChI is InChI=1S/C21H21FN2O4S2/c1-14(2)15-3-5-16(6-4-15)19-13-29-21(23-19)24(12-11-20(25)26)30(27,28)18-9-7-17(22)8-10-18/h3-10,13-14H,11-12H2,1-2H3,(H,25,26). The molecular weight excluding hydrogens is 427 g/mol. The second kappa shape index (κ2) is 8.93. The third-order valence-electron chi connectivity index (χ3n) is 4.51. The van der Waals surface area contributed by atoms with E-state index in [2.05, 4.69) is 18.8 Å². The van der Waals surface area contributed by atoms with Crippen LogP contribution in [0.1, 0.15) is 31.7 Å². The first kappa shape index (κ1) is 21.9. The number of hydrogen-bond donors (Lipinski definition) is 1. The van der Waals surface area contributed by atoms with Crippen molar-refractivity contribution in [2.24, 2.45) is 0 Å². The number of carboxylic acids is 1. The molecule has 0 radical (unpaired) electrons. The van der Waals surface area contributed by atoms with Gasteiger partial charge in [-0.1, -0.05) is 38.1 Å². The Morgan fingerprint density at radius 1 is 1.13 bits per heavy atom. The van der Waals surface area contributed by atoms with Crippen molar-refractivity contribution in [2.45, 2.75) is 31.1 Å². The second-order valence-corrected chi connectivity index (χ2v) is 9.67. The summed E-state index contributed by atoms with van der Waals surface area (Å²) < 4.78 is 40.4. The van der Waals surface area contributed by atoms with Gasteiger partial charge in [-0.3, -0.25) is 4.79 Å². The normalized spacial score (nSPS) is 11.6. The van der Waals surface area contributed by atoms with E-state index in [0.29, 0.717) is 11.6 Å². The summed E-state index contributed by atoms with van der Waals surface area (Å²) in [5.74, 6) is -1.31. The average Bonchev–Trinajstić information content (AvgIpc) is 3.18. The number of aromatic nitrogens is 1. The molecule has 1 aromatic heterocycles. The van der Waals surface area contributed by atoms with Gasteiger partial charge in [-0.25, -0.2) is 22.1 Å². The highest BCUT2D eigenvalue weighted by molar-refractivity contribution is 7.93. The Morgan fingerprint density at radius 2 is 1.77 bits per heavy atom. The average molecular weight is 449 g/mol. The lowest BCUT2D eigenvalue weighted by Crippen LogP contribution is -2.33. The minimum absolute atomic E-state index is 0.132. The van der Waals surface area contributed by atoms with Crippen molar-refractivity contribution >= 4 is 32.5 Å². The first-order chi connectivity index (χ1) is 14.2. The summed E-state index contributed by atoms with van der Waals surface area (Å²) in [6.45, 7) is 3.90. The van der Waals surface area contributed by atoms with Gasteiger partial charge >= 0.3 is 5.97 Å². The maximum Gasteiger partial charge on any atom is 0.305 e. The van der Waals surface area contributed by atoms with Crippen molar-refractivity contribution in [1.82, 2.24) is 4.98 Å². The van der Waals surface area contributed by atoms with Crippen LogP contribution in [0, 0.1) is 5.82 Å². The highest BCUT2D eigenvalue weighted by Gasteiger charge is 2.28. The predicted octanol–water partition coefficient (Wildman–Crippen LogP) is 4.74. The third kappa shape index (κ3) is 4.85. The van der Waals surface area contributed by atoms with Crippen LogP contribution < -0.4 is 4.31 Å². The number of hydrogen-bond acceptors (Lipinski definition) is 5. The van der Waals surface area contributed by atoms with Gasteiger partial charge in [0.05, 0.1) is 17.0 Å². The molecule has 0 atom stereocenters. The molecule has 2 aromatic carbocycles. The fourth-order valence-corrected chi connectivity index (χ4v) is 5.30. The molecule has 1 heterocycles. The topological polar surface area (TPSA) is 87.6 Å². The Hall–Kier alpha value is -2.78. The molecule has 158 valence electrons. The summed E-state index contributed by atoms with van der Waals surface area (Å²) in [7, 11) is -4.10. The first-order valence-electron chi connectivity index (χ1n) is 9.24. The van der Waals surface area contributed by atoms with Crippen LogP contribution in [0.4, 0.5) is 9.52 Å². The van der Waals surface area contributed by atoms with Gasteiger partial charge in [0.25, 0.3) is 10.0 Å². The number of anilines is 1. The van der Waals surface area contributed by atoms with E-state index >= 15 is 0 Å². The molecule has 30 heavy (non-hydrogen) atoms. The van der Waals surface area contributed by atoms with Gasteiger partial charge in [-0.2, -0.15) is 0 Å². The van der Waals surface area contributed by atoms with Gasteiger partial charge in [-0.05, 0) is 35.7 Å². The maximum absolute atomic E-state index is 13.2. The van der Waals surface area contributed by atoms with Crippen LogP contribution in [0.15, 0.2) is 58.8 Å². The second-order valence-electron chi connectivity index (χ2n) is 6.97. The quantitative estimate of drug-likeness (QED) is 0.538. The number of benzene rings is 2. The Labute approximate surface area is 178 Å². The number of nitrogens with zero attached hydrogens (tertiary/aromatic N) is 2. The van der Waals surface area contributed by atoms with Crippen LogP contribution in [0.25, 0.3) is 11.3 Å². The minimum atomic E-state index is -4.10. The summed E-state index contributed by atoms with van der Waals surface area (Å²) in [6.07, 6.45) is -0.390. The van der Waals surface area contributed by atoms with Crippen LogP contribution in [-0.4, -0.2) is 31.0 Å². The number of carboxylic acid groups (broad SMARTS) is 1. The van der Waals surface area contributed by atoms with E-state index in [1.165, 1.54) is 5.56 Å². The molecule has 0 spiro atoms. The maximum atomic E-state index is 13.2. The van der Waals surface area contributed by atoms with Crippen molar-refractivity contribution in [3.63, 3.8) is 0 Å². The molecule has 0 aliphatic heterocycles. The largest absolute Gasteiger partial charge is 0.481 e. The molecular formula is C21H21FN2O4S2. The summed E-state index contributed by atoms with van der Waals surface area (Å²) >= 11 is 1.11. The number of rotatable bonds is 8. The SMILES string of the molecule is CC(C)c1ccc(-c2csc(N(CCC(=O)O)S(=O)(=O)c3ccc(F)cc3)n2)cc1. The number of halogens is 1. The summed E-state index contributed by atoms with van der Waals surface area (Å²) in [5.41, 5.74) is 2.61. The van der Waals surface area contributed by atoms with E-state index in [4.69, 9.17) is 5.11 Å². The fraction of sp³-hybridized carbons (Fsp3) is 0.238. The van der Waals surface area contributed by atoms with Gasteiger partial charge in [0, 0.05) is 17.5 Å². The van der Waals surface area contributed by atoms with Crippen molar-refractivity contribution in [3.05, 3.63) is 65.3 Å². The lowest BCUT2D eigenvalue weighted by molar-refractivity contribution is -0.136. The Balaban J connectivity index is 1.96. The van der Waals surface area contributed by atoms with Crippen molar-refractivity contribution in [2.75, 3.05) is 10.8 Å². The molecule has 0 bridgehead atoms. The van der Waals surface area contributed by atoms with Crippen molar-refractivity contribution in [3.8, 4) is 11.3 Å². The molecule has 1 N–H and O–H groups in total. The van der Waals surface area contributed by atoms with Crippen LogP contribution >= 0.6 is 11.3 Å². The molecule has 0 saturated heterocycles. The lowest BCUT2D eigenvalue weighted by atomic mass is 10.0. The van der Waals surface area contributed by atoms with Crippen molar-refractivity contribution in [1.29, 1.82) is 0 Å². The molecule has 3 aromatic rings. The van der Waals surface area contributed by atoms with Crippen molar-refractivity contribution < 1.29 is 22.7 Å². The number of sulfonamides is 1. The molecule has 3 rings (SSSR count). The Morgan fingerprint density at radius 3 is 2.33 bits per heavy atom. The van der Waals surface area contributed by atoms with E-state index in [9.17, 15) is 17.6 Å². The summed E-state index contributed by atoms with van der Waals surface area (Å²) in [6, 6.07) is 12.2. The zero-order chi connectivity index (χ0) is 21.9. The highest BCUT2D eigenvalue weighted by atomic mass is 32.2. The van der Waals surface area contributed by atoms with Crippen LogP contribution in [0.5, 0.6) is 0 Å². The Bertz CT molecular complexity index is 1120. The molecule has 9 heteroatoms. The number of thiazole rings is 1. The van der Waals surface area contributed by atoms with Crippen LogP contribution in [0.2, 0.25) is 0 Å². The molecule has 0 aliphatic carbocycles.